The second-order valence-corrected chi connectivity index (χ2v) is 6.73. The number of thiocarbonyl (C=S) groups is 2. The molecular formula is C18H16N2S2. The van der Waals surface area contributed by atoms with Crippen molar-refractivity contribution in [2.45, 2.75) is 12.1 Å². The van der Waals surface area contributed by atoms with E-state index < -0.39 is 0 Å². The van der Waals surface area contributed by atoms with Gasteiger partial charge in [-0.2, -0.15) is 0 Å². The quantitative estimate of drug-likeness (QED) is 0.825. The first-order valence-electron chi connectivity index (χ1n) is 7.46. The zero-order valence-electron chi connectivity index (χ0n) is 11.9. The third-order valence-electron chi connectivity index (χ3n) is 4.62. The molecule has 2 heterocycles. The minimum Gasteiger partial charge on any atom is -0.372 e. The van der Waals surface area contributed by atoms with Gasteiger partial charge in [0.05, 0.1) is 22.1 Å². The maximum atomic E-state index is 5.65. The average molecular weight is 324 g/mol. The van der Waals surface area contributed by atoms with Crippen molar-refractivity contribution in [3.8, 4) is 0 Å². The molecule has 2 aromatic rings. The molecule has 4 atom stereocenters. The molecule has 2 saturated heterocycles. The van der Waals surface area contributed by atoms with Crippen LogP contribution in [0.5, 0.6) is 0 Å². The summed E-state index contributed by atoms with van der Waals surface area (Å²) < 4.78 is 0. The number of hydrogen-bond donors (Lipinski definition) is 2. The summed E-state index contributed by atoms with van der Waals surface area (Å²) >= 11 is 11.3. The van der Waals surface area contributed by atoms with Gasteiger partial charge in [0.25, 0.3) is 0 Å². The number of benzene rings is 2. The SMILES string of the molecule is S=C1NC(c2ccccc2)C2C(=S)NC(c3ccccc3)C12. The molecule has 2 N–H and O–H groups in total. The fourth-order valence-electron chi connectivity index (χ4n) is 3.62. The second kappa shape index (κ2) is 5.45. The van der Waals surface area contributed by atoms with Crippen molar-refractivity contribution in [2.75, 3.05) is 0 Å². The van der Waals surface area contributed by atoms with Crippen molar-refractivity contribution in [3.05, 3.63) is 71.8 Å². The maximum Gasteiger partial charge on any atom is 0.0822 e. The Morgan fingerprint density at radius 1 is 0.591 bits per heavy atom. The fraction of sp³-hybridized carbons (Fsp3) is 0.222. The van der Waals surface area contributed by atoms with Gasteiger partial charge < -0.3 is 10.6 Å². The molecule has 0 saturated carbocycles. The predicted octanol–water partition coefficient (Wildman–Crippen LogP) is 3.56. The second-order valence-electron chi connectivity index (χ2n) is 5.85. The average Bonchev–Trinajstić information content (AvgIpc) is 3.09. The molecule has 2 fully saturated rings. The van der Waals surface area contributed by atoms with Crippen molar-refractivity contribution in [1.82, 2.24) is 10.6 Å². The minimum absolute atomic E-state index is 0.174. The smallest absolute Gasteiger partial charge is 0.0822 e. The first kappa shape index (κ1) is 13.9. The van der Waals surface area contributed by atoms with Crippen LogP contribution in [0.15, 0.2) is 60.7 Å². The number of fused-ring (bicyclic) bond motifs is 1. The lowest BCUT2D eigenvalue weighted by Crippen LogP contribution is -2.30. The van der Waals surface area contributed by atoms with Crippen LogP contribution in [0.2, 0.25) is 0 Å². The molecule has 4 unspecified atom stereocenters. The largest absolute Gasteiger partial charge is 0.372 e. The molecule has 2 aliphatic heterocycles. The first-order valence-corrected chi connectivity index (χ1v) is 8.28. The van der Waals surface area contributed by atoms with Crippen LogP contribution in [-0.4, -0.2) is 9.98 Å². The standard InChI is InChI=1S/C18H16N2S2/c21-17-13-14(16(20-17)12-9-5-2-6-10-12)18(22)19-15(13)11-7-3-1-4-8-11/h1-10,13-16H,(H,19,22)(H,20,21). The van der Waals surface area contributed by atoms with E-state index >= 15 is 0 Å². The van der Waals surface area contributed by atoms with E-state index in [2.05, 4.69) is 59.2 Å². The molecule has 0 bridgehead atoms. The van der Waals surface area contributed by atoms with E-state index in [0.29, 0.717) is 0 Å². The van der Waals surface area contributed by atoms with Crippen LogP contribution in [-0.2, 0) is 0 Å². The van der Waals surface area contributed by atoms with Crippen molar-refractivity contribution in [1.29, 1.82) is 0 Å². The molecular weight excluding hydrogens is 308 g/mol. The Morgan fingerprint density at radius 2 is 0.955 bits per heavy atom. The van der Waals surface area contributed by atoms with Gasteiger partial charge in [0.1, 0.15) is 0 Å². The lowest BCUT2D eigenvalue weighted by molar-refractivity contribution is 0.478. The highest BCUT2D eigenvalue weighted by molar-refractivity contribution is 7.81. The monoisotopic (exact) mass is 324 g/mol. The fourth-order valence-corrected chi connectivity index (χ4v) is 4.44. The summed E-state index contributed by atoms with van der Waals surface area (Å²) in [7, 11) is 0. The van der Waals surface area contributed by atoms with Crippen molar-refractivity contribution in [2.24, 2.45) is 11.8 Å². The van der Waals surface area contributed by atoms with Gasteiger partial charge in [-0.25, -0.2) is 0 Å². The van der Waals surface area contributed by atoms with Crippen LogP contribution in [0.25, 0.3) is 0 Å². The molecule has 0 aromatic heterocycles. The predicted molar refractivity (Wildman–Crippen MR) is 96.8 cm³/mol. The number of hydrogen-bond acceptors (Lipinski definition) is 2. The van der Waals surface area contributed by atoms with Gasteiger partial charge in [-0.1, -0.05) is 85.1 Å². The van der Waals surface area contributed by atoms with Crippen molar-refractivity contribution in [3.63, 3.8) is 0 Å². The summed E-state index contributed by atoms with van der Waals surface area (Å²) in [6.07, 6.45) is 0. The lowest BCUT2D eigenvalue weighted by Gasteiger charge is -2.18. The third-order valence-corrected chi connectivity index (χ3v) is 5.40. The molecule has 2 aliphatic rings. The lowest BCUT2D eigenvalue weighted by atomic mass is 9.84. The minimum atomic E-state index is 0.174. The maximum absolute atomic E-state index is 5.65. The van der Waals surface area contributed by atoms with Crippen LogP contribution in [0.4, 0.5) is 0 Å². The highest BCUT2D eigenvalue weighted by Crippen LogP contribution is 2.46. The third kappa shape index (κ3) is 2.14. The Labute approximate surface area is 140 Å². The summed E-state index contributed by atoms with van der Waals surface area (Å²) in [6.45, 7) is 0. The zero-order valence-corrected chi connectivity index (χ0v) is 13.5. The zero-order chi connectivity index (χ0) is 15.1. The van der Waals surface area contributed by atoms with Gasteiger partial charge in [-0.15, -0.1) is 0 Å². The van der Waals surface area contributed by atoms with Gasteiger partial charge in [-0.05, 0) is 11.1 Å². The summed E-state index contributed by atoms with van der Waals surface area (Å²) in [5.74, 6) is 0.463. The van der Waals surface area contributed by atoms with Crippen molar-refractivity contribution >= 4 is 34.4 Å². The normalized spacial score (nSPS) is 29.8. The van der Waals surface area contributed by atoms with Crippen LogP contribution in [0.3, 0.4) is 0 Å². The highest BCUT2D eigenvalue weighted by atomic mass is 32.1. The molecule has 22 heavy (non-hydrogen) atoms. The van der Waals surface area contributed by atoms with E-state index in [1.807, 2.05) is 12.1 Å². The molecule has 2 aromatic carbocycles. The molecule has 4 heteroatoms. The molecule has 4 rings (SSSR count). The Hall–Kier alpha value is -1.78. The number of rotatable bonds is 2. The van der Waals surface area contributed by atoms with Crippen LogP contribution >= 0.6 is 24.4 Å². The highest BCUT2D eigenvalue weighted by Gasteiger charge is 2.51. The van der Waals surface area contributed by atoms with Crippen LogP contribution < -0.4 is 10.6 Å². The van der Waals surface area contributed by atoms with E-state index in [0.717, 1.165) is 9.98 Å². The van der Waals surface area contributed by atoms with E-state index in [-0.39, 0.29) is 23.9 Å². The molecule has 2 nitrogen and oxygen atoms in total. The summed E-state index contributed by atoms with van der Waals surface area (Å²) in [6, 6.07) is 21.2. The Morgan fingerprint density at radius 3 is 1.32 bits per heavy atom. The van der Waals surface area contributed by atoms with Gasteiger partial charge in [-0.3, -0.25) is 0 Å². The van der Waals surface area contributed by atoms with E-state index in [4.69, 9.17) is 24.4 Å². The Balaban J connectivity index is 1.71. The van der Waals surface area contributed by atoms with E-state index in [1.54, 1.807) is 0 Å². The van der Waals surface area contributed by atoms with E-state index in [9.17, 15) is 0 Å². The molecule has 0 radical (unpaired) electrons. The Bertz CT molecular complexity index is 651. The molecule has 0 spiro atoms. The van der Waals surface area contributed by atoms with Crippen LogP contribution in [0.1, 0.15) is 23.2 Å². The molecule has 0 amide bonds. The summed E-state index contributed by atoms with van der Waals surface area (Å²) in [5.41, 5.74) is 2.49. The van der Waals surface area contributed by atoms with Crippen molar-refractivity contribution < 1.29 is 0 Å². The van der Waals surface area contributed by atoms with Gasteiger partial charge in [0, 0.05) is 11.8 Å². The van der Waals surface area contributed by atoms with Gasteiger partial charge in [0.2, 0.25) is 0 Å². The summed E-state index contributed by atoms with van der Waals surface area (Å²) in [5, 5.41) is 7.01. The summed E-state index contributed by atoms with van der Waals surface area (Å²) in [4.78, 5) is 1.83. The van der Waals surface area contributed by atoms with Gasteiger partial charge >= 0.3 is 0 Å². The van der Waals surface area contributed by atoms with E-state index in [1.165, 1.54) is 11.1 Å². The molecule has 110 valence electrons. The molecule has 0 aliphatic carbocycles. The number of nitrogens with one attached hydrogen (secondary N) is 2. The topological polar surface area (TPSA) is 24.1 Å². The first-order chi connectivity index (χ1) is 10.8. The van der Waals surface area contributed by atoms with Crippen LogP contribution in [0, 0.1) is 11.8 Å². The van der Waals surface area contributed by atoms with Gasteiger partial charge in [0.15, 0.2) is 0 Å². The Kier molecular flexibility index (Phi) is 3.43.